The second-order valence-electron chi connectivity index (χ2n) is 4.08. The fourth-order valence-electron chi connectivity index (χ4n) is 1.77. The van der Waals surface area contributed by atoms with E-state index in [0.29, 0.717) is 6.54 Å². The summed E-state index contributed by atoms with van der Waals surface area (Å²) < 4.78 is 0.943. The molecule has 0 spiro atoms. The largest absolute Gasteiger partial charge is 0.349 e. The lowest BCUT2D eigenvalue weighted by Gasteiger charge is -2.18. The fraction of sp³-hybridized carbons (Fsp3) is 0.167. The van der Waals surface area contributed by atoms with E-state index in [1.807, 2.05) is 24.3 Å². The molecule has 0 atom stereocenters. The Morgan fingerprint density at radius 1 is 1.45 bits per heavy atom. The van der Waals surface area contributed by atoms with Gasteiger partial charge in [0, 0.05) is 18.1 Å². The predicted octanol–water partition coefficient (Wildman–Crippen LogP) is 3.44. The first-order chi connectivity index (χ1) is 9.49. The van der Waals surface area contributed by atoms with Crippen LogP contribution in [0.2, 0.25) is 5.15 Å². The van der Waals surface area contributed by atoms with E-state index < -0.39 is 4.92 Å². The van der Waals surface area contributed by atoms with E-state index in [0.717, 1.165) is 10.0 Å². The molecule has 0 fully saturated rings. The van der Waals surface area contributed by atoms with Crippen molar-refractivity contribution < 1.29 is 4.92 Å². The fourth-order valence-corrected chi connectivity index (χ4v) is 2.41. The highest BCUT2D eigenvalue weighted by Gasteiger charge is 2.24. The average molecular weight is 358 g/mol. The highest BCUT2D eigenvalue weighted by atomic mass is 79.9. The molecule has 8 heteroatoms. The summed E-state index contributed by atoms with van der Waals surface area (Å²) in [5.74, 6) is 0.190. The molecule has 0 saturated carbocycles. The maximum Gasteiger partial charge on any atom is 0.348 e. The average Bonchev–Trinajstić information content (AvgIpc) is 2.37. The van der Waals surface area contributed by atoms with Crippen molar-refractivity contribution in [2.24, 2.45) is 0 Å². The molecule has 0 bridgehead atoms. The van der Waals surface area contributed by atoms with Gasteiger partial charge in [-0.2, -0.15) is 0 Å². The van der Waals surface area contributed by atoms with Gasteiger partial charge in [0.1, 0.15) is 6.33 Å². The lowest BCUT2D eigenvalue weighted by atomic mass is 10.2. The van der Waals surface area contributed by atoms with Crippen LogP contribution in [0, 0.1) is 10.1 Å². The van der Waals surface area contributed by atoms with E-state index in [9.17, 15) is 10.1 Å². The van der Waals surface area contributed by atoms with Crippen LogP contribution < -0.4 is 4.90 Å². The molecule has 0 aliphatic rings. The third-order valence-corrected chi connectivity index (χ3v) is 3.38. The summed E-state index contributed by atoms with van der Waals surface area (Å²) in [7, 11) is 1.71. The Balaban J connectivity index is 2.32. The molecule has 6 nitrogen and oxygen atoms in total. The summed E-state index contributed by atoms with van der Waals surface area (Å²) in [5, 5.41) is 10.9. The summed E-state index contributed by atoms with van der Waals surface area (Å²) in [4.78, 5) is 19.7. The van der Waals surface area contributed by atoms with Gasteiger partial charge in [0.15, 0.2) is 0 Å². The van der Waals surface area contributed by atoms with Crippen LogP contribution in [0.4, 0.5) is 11.5 Å². The molecular weight excluding hydrogens is 348 g/mol. The van der Waals surface area contributed by atoms with Gasteiger partial charge in [-0.15, -0.1) is 0 Å². The molecule has 1 heterocycles. The number of anilines is 1. The van der Waals surface area contributed by atoms with Crippen molar-refractivity contribution in [3.8, 4) is 0 Å². The molecule has 1 aromatic carbocycles. The third-order valence-electron chi connectivity index (χ3n) is 2.61. The van der Waals surface area contributed by atoms with Crippen LogP contribution in [0.15, 0.2) is 35.1 Å². The first-order valence-electron chi connectivity index (χ1n) is 5.59. The molecule has 0 aliphatic carbocycles. The molecule has 104 valence electrons. The lowest BCUT2D eigenvalue weighted by Crippen LogP contribution is -2.19. The molecule has 2 aromatic rings. The van der Waals surface area contributed by atoms with Crippen LogP contribution in [-0.4, -0.2) is 21.9 Å². The second kappa shape index (κ2) is 6.15. The van der Waals surface area contributed by atoms with Gasteiger partial charge < -0.3 is 4.90 Å². The van der Waals surface area contributed by atoms with Gasteiger partial charge in [0.25, 0.3) is 0 Å². The summed E-state index contributed by atoms with van der Waals surface area (Å²) in [6, 6.07) is 7.67. The molecule has 0 aliphatic heterocycles. The molecule has 0 radical (unpaired) electrons. The van der Waals surface area contributed by atoms with E-state index in [-0.39, 0.29) is 16.7 Å². The molecule has 0 unspecified atom stereocenters. The first kappa shape index (κ1) is 14.7. The zero-order chi connectivity index (χ0) is 14.7. The van der Waals surface area contributed by atoms with Crippen molar-refractivity contribution >= 4 is 39.0 Å². The van der Waals surface area contributed by atoms with Crippen molar-refractivity contribution in [3.63, 3.8) is 0 Å². The highest BCUT2D eigenvalue weighted by Crippen LogP contribution is 2.31. The van der Waals surface area contributed by atoms with E-state index >= 15 is 0 Å². The van der Waals surface area contributed by atoms with E-state index in [1.165, 1.54) is 6.33 Å². The third kappa shape index (κ3) is 3.23. The van der Waals surface area contributed by atoms with Crippen LogP contribution in [0.1, 0.15) is 5.56 Å². The van der Waals surface area contributed by atoms with Gasteiger partial charge in [-0.1, -0.05) is 39.7 Å². The molecule has 20 heavy (non-hydrogen) atoms. The second-order valence-corrected chi connectivity index (χ2v) is 5.35. The SMILES string of the molecule is CN(Cc1cccc(Br)c1)c1ncnc(Cl)c1[N+](=O)[O-]. The zero-order valence-corrected chi connectivity index (χ0v) is 12.8. The number of hydrogen-bond donors (Lipinski definition) is 0. The standard InChI is InChI=1S/C12H10BrClN4O2/c1-17(6-8-3-2-4-9(13)5-8)12-10(18(19)20)11(14)15-7-16-12/h2-5,7H,6H2,1H3. The smallest absolute Gasteiger partial charge is 0.348 e. The van der Waals surface area contributed by atoms with Gasteiger partial charge in [0.2, 0.25) is 11.0 Å². The topological polar surface area (TPSA) is 72.2 Å². The molecule has 1 aromatic heterocycles. The van der Waals surface area contributed by atoms with Crippen molar-refractivity contribution in [3.05, 3.63) is 55.9 Å². The first-order valence-corrected chi connectivity index (χ1v) is 6.76. The summed E-state index contributed by atoms with van der Waals surface area (Å²) in [5.41, 5.74) is 0.706. The van der Waals surface area contributed by atoms with Gasteiger partial charge in [-0.3, -0.25) is 10.1 Å². The molecule has 0 saturated heterocycles. The number of nitro groups is 1. The molecule has 2 rings (SSSR count). The van der Waals surface area contributed by atoms with Crippen molar-refractivity contribution in [1.29, 1.82) is 0 Å². The van der Waals surface area contributed by atoms with Gasteiger partial charge in [0.05, 0.1) is 4.92 Å². The predicted molar refractivity (Wildman–Crippen MR) is 79.9 cm³/mol. The Kier molecular flexibility index (Phi) is 4.51. The number of benzene rings is 1. The highest BCUT2D eigenvalue weighted by molar-refractivity contribution is 9.10. The maximum atomic E-state index is 11.1. The summed E-state index contributed by atoms with van der Waals surface area (Å²) in [6.45, 7) is 0.466. The molecular formula is C12H10BrClN4O2. The Hall–Kier alpha value is -1.73. The van der Waals surface area contributed by atoms with Crippen LogP contribution in [0.3, 0.4) is 0 Å². The minimum Gasteiger partial charge on any atom is -0.349 e. The van der Waals surface area contributed by atoms with Crippen molar-refractivity contribution in [2.45, 2.75) is 6.54 Å². The monoisotopic (exact) mass is 356 g/mol. The van der Waals surface area contributed by atoms with E-state index in [1.54, 1.807) is 11.9 Å². The van der Waals surface area contributed by atoms with Crippen LogP contribution >= 0.6 is 27.5 Å². The molecule has 0 amide bonds. The zero-order valence-electron chi connectivity index (χ0n) is 10.5. The Labute approximate surface area is 128 Å². The Morgan fingerprint density at radius 3 is 2.85 bits per heavy atom. The normalized spacial score (nSPS) is 10.3. The number of hydrogen-bond acceptors (Lipinski definition) is 5. The van der Waals surface area contributed by atoms with Crippen molar-refractivity contribution in [2.75, 3.05) is 11.9 Å². The van der Waals surface area contributed by atoms with Crippen LogP contribution in [-0.2, 0) is 6.54 Å². The minimum absolute atomic E-state index is 0.166. The van der Waals surface area contributed by atoms with Crippen LogP contribution in [0.25, 0.3) is 0 Å². The van der Waals surface area contributed by atoms with Gasteiger partial charge in [-0.25, -0.2) is 9.97 Å². The minimum atomic E-state index is -0.574. The number of halogens is 2. The Morgan fingerprint density at radius 2 is 2.20 bits per heavy atom. The quantitative estimate of drug-likeness (QED) is 0.476. The van der Waals surface area contributed by atoms with Crippen LogP contribution in [0.5, 0.6) is 0 Å². The van der Waals surface area contributed by atoms with E-state index in [4.69, 9.17) is 11.6 Å². The van der Waals surface area contributed by atoms with E-state index in [2.05, 4.69) is 25.9 Å². The molecule has 0 N–H and O–H groups in total. The lowest BCUT2D eigenvalue weighted by molar-refractivity contribution is -0.384. The number of rotatable bonds is 4. The van der Waals surface area contributed by atoms with Gasteiger partial charge >= 0.3 is 5.69 Å². The van der Waals surface area contributed by atoms with Gasteiger partial charge in [-0.05, 0) is 17.7 Å². The summed E-state index contributed by atoms with van der Waals surface area (Å²) >= 11 is 9.15. The number of nitrogens with zero attached hydrogens (tertiary/aromatic N) is 4. The maximum absolute atomic E-state index is 11.1. The van der Waals surface area contributed by atoms with Crippen molar-refractivity contribution in [1.82, 2.24) is 9.97 Å². The number of aromatic nitrogens is 2. The summed E-state index contributed by atoms with van der Waals surface area (Å²) in [6.07, 6.45) is 1.21. The Bertz CT molecular complexity index is 653.